The van der Waals surface area contributed by atoms with Crippen LogP contribution < -0.4 is 25.4 Å². The van der Waals surface area contributed by atoms with E-state index in [-0.39, 0.29) is 0 Å². The van der Waals surface area contributed by atoms with Crippen LogP contribution in [0.25, 0.3) is 16.8 Å². The van der Waals surface area contributed by atoms with E-state index in [0.717, 1.165) is 76.7 Å². The first kappa shape index (κ1) is 20.6. The second-order valence-corrected chi connectivity index (χ2v) is 8.56. The molecule has 1 fully saturated rings. The number of hydrogen-bond acceptors (Lipinski definition) is 6. The number of pyridine rings is 1. The first-order valence-electron chi connectivity index (χ1n) is 11.3. The van der Waals surface area contributed by atoms with E-state index in [1.165, 1.54) is 12.8 Å². The van der Waals surface area contributed by atoms with Crippen LogP contribution in [0.2, 0.25) is 0 Å². The van der Waals surface area contributed by atoms with Crippen molar-refractivity contribution in [2.75, 3.05) is 37.4 Å². The third-order valence-electron chi connectivity index (χ3n) is 6.53. The summed E-state index contributed by atoms with van der Waals surface area (Å²) in [6, 6.07) is 10.2. The zero-order valence-electron chi connectivity index (χ0n) is 18.5. The molecular weight excluding hydrogens is 400 g/mol. The number of benzene rings is 2. The Kier molecular flexibility index (Phi) is 5.86. The maximum absolute atomic E-state index is 6.60. The largest absolute Gasteiger partial charge is 0.492 e. The Hall–Kier alpha value is -3.25. The Morgan fingerprint density at radius 1 is 1.25 bits per heavy atom. The number of nitrogens with two attached hydrogens (primary N) is 1. The van der Waals surface area contributed by atoms with Gasteiger partial charge in [0, 0.05) is 41.0 Å². The molecule has 0 saturated carbocycles. The second kappa shape index (κ2) is 9.09. The zero-order chi connectivity index (χ0) is 21.9. The molecule has 2 aliphatic rings. The van der Waals surface area contributed by atoms with Gasteiger partial charge in [0.2, 0.25) is 0 Å². The van der Waals surface area contributed by atoms with Crippen molar-refractivity contribution in [3.05, 3.63) is 60.1 Å². The van der Waals surface area contributed by atoms with Gasteiger partial charge in [-0.1, -0.05) is 0 Å². The highest BCUT2D eigenvalue weighted by molar-refractivity contribution is 6.03. The van der Waals surface area contributed by atoms with E-state index in [9.17, 15) is 0 Å². The molecule has 1 aromatic heterocycles. The monoisotopic (exact) mass is 430 g/mol. The van der Waals surface area contributed by atoms with Crippen LogP contribution in [-0.2, 0) is 6.54 Å². The van der Waals surface area contributed by atoms with Crippen molar-refractivity contribution in [2.45, 2.75) is 25.8 Å². The lowest BCUT2D eigenvalue weighted by Gasteiger charge is -2.27. The Balaban J connectivity index is 1.40. The van der Waals surface area contributed by atoms with Gasteiger partial charge in [0.1, 0.15) is 0 Å². The van der Waals surface area contributed by atoms with E-state index in [0.29, 0.717) is 6.61 Å². The highest BCUT2D eigenvalue weighted by Crippen LogP contribution is 2.42. The Bertz CT molecular complexity index is 1120. The van der Waals surface area contributed by atoms with Gasteiger partial charge in [0.15, 0.2) is 11.5 Å². The number of hydrogen-bond donors (Lipinski definition) is 2. The van der Waals surface area contributed by atoms with Crippen molar-refractivity contribution >= 4 is 28.2 Å². The molecule has 1 atom stereocenters. The van der Waals surface area contributed by atoms with Crippen molar-refractivity contribution in [1.29, 1.82) is 0 Å². The fourth-order valence-electron chi connectivity index (χ4n) is 4.80. The Labute approximate surface area is 189 Å². The second-order valence-electron chi connectivity index (χ2n) is 8.56. The lowest BCUT2D eigenvalue weighted by atomic mass is 9.95. The number of anilines is 2. The summed E-state index contributed by atoms with van der Waals surface area (Å²) in [6.07, 6.45) is 11.3. The van der Waals surface area contributed by atoms with E-state index in [1.54, 1.807) is 13.3 Å². The van der Waals surface area contributed by atoms with Crippen molar-refractivity contribution in [2.24, 2.45) is 5.92 Å². The van der Waals surface area contributed by atoms with Gasteiger partial charge in [-0.15, -0.1) is 0 Å². The maximum atomic E-state index is 6.60. The molecule has 3 N–H and O–H groups in total. The molecule has 1 saturated heterocycles. The number of aromatic nitrogens is 1. The molecule has 0 radical (unpaired) electrons. The van der Waals surface area contributed by atoms with Gasteiger partial charge in [0.05, 0.1) is 25.6 Å². The molecule has 6 heteroatoms. The van der Waals surface area contributed by atoms with Crippen LogP contribution >= 0.6 is 0 Å². The molecule has 5 rings (SSSR count). The predicted octanol–water partition coefficient (Wildman–Crippen LogP) is 4.59. The highest BCUT2D eigenvalue weighted by atomic mass is 16.5. The quantitative estimate of drug-likeness (QED) is 0.422. The van der Waals surface area contributed by atoms with Crippen LogP contribution in [0.5, 0.6) is 11.5 Å². The minimum atomic E-state index is 0.691. The lowest BCUT2D eigenvalue weighted by molar-refractivity contribution is 0.279. The van der Waals surface area contributed by atoms with Crippen LogP contribution in [-0.4, -0.2) is 31.8 Å². The Morgan fingerprint density at radius 2 is 2.19 bits per heavy atom. The Morgan fingerprint density at radius 3 is 2.97 bits per heavy atom. The number of ether oxygens (including phenoxy) is 2. The van der Waals surface area contributed by atoms with E-state index >= 15 is 0 Å². The molecule has 3 heterocycles. The van der Waals surface area contributed by atoms with E-state index in [2.05, 4.69) is 39.6 Å². The topological polar surface area (TPSA) is 72.6 Å². The summed E-state index contributed by atoms with van der Waals surface area (Å²) in [5.41, 5.74) is 10.7. The summed E-state index contributed by atoms with van der Waals surface area (Å²) in [7, 11) is 1.70. The number of methoxy groups -OCH3 is 1. The van der Waals surface area contributed by atoms with Crippen molar-refractivity contribution < 1.29 is 9.47 Å². The molecular formula is C26H30N4O2. The third-order valence-corrected chi connectivity index (χ3v) is 6.53. The van der Waals surface area contributed by atoms with Gasteiger partial charge in [-0.05, 0) is 80.2 Å². The van der Waals surface area contributed by atoms with Gasteiger partial charge < -0.3 is 25.4 Å². The van der Waals surface area contributed by atoms with E-state index < -0.39 is 0 Å². The summed E-state index contributed by atoms with van der Waals surface area (Å²) < 4.78 is 12.0. The number of rotatable bonds is 7. The first-order chi connectivity index (χ1) is 15.7. The number of nitrogen functional groups attached to an aromatic ring is 1. The van der Waals surface area contributed by atoms with Crippen LogP contribution in [0.15, 0.2) is 48.9 Å². The van der Waals surface area contributed by atoms with Crippen molar-refractivity contribution in [3.63, 3.8) is 0 Å². The molecule has 0 aliphatic carbocycles. The van der Waals surface area contributed by atoms with Crippen LogP contribution in [0, 0.1) is 5.92 Å². The summed E-state index contributed by atoms with van der Waals surface area (Å²) in [5, 5.41) is 5.41. The zero-order valence-corrected chi connectivity index (χ0v) is 18.5. The molecule has 2 aliphatic heterocycles. The lowest BCUT2D eigenvalue weighted by Crippen LogP contribution is -2.19. The molecule has 32 heavy (non-hydrogen) atoms. The van der Waals surface area contributed by atoms with E-state index in [4.69, 9.17) is 15.2 Å². The van der Waals surface area contributed by atoms with Gasteiger partial charge >= 0.3 is 0 Å². The maximum Gasteiger partial charge on any atom is 0.168 e. The molecule has 2 aromatic carbocycles. The molecule has 0 bridgehead atoms. The summed E-state index contributed by atoms with van der Waals surface area (Å²) in [5.74, 6) is 2.31. The number of fused-ring (bicyclic) bond motifs is 2. The minimum absolute atomic E-state index is 0.691. The number of nitrogens with one attached hydrogen (secondary N) is 1. The standard InChI is InChI=1S/C26H30N4O2/c1-31-26-23-14-19-17-30(20-5-2-10-28-16-20)12-9-21(19)25(27)22(23)6-7-24(26)32-13-3-4-18-8-11-29-15-18/h2,5-7,9-10,12,14,16,18,29H,3-4,8,11,13,15,17,27H2,1H3. The summed E-state index contributed by atoms with van der Waals surface area (Å²) in [6.45, 7) is 3.69. The summed E-state index contributed by atoms with van der Waals surface area (Å²) in [4.78, 5) is 6.41. The average molecular weight is 431 g/mol. The summed E-state index contributed by atoms with van der Waals surface area (Å²) >= 11 is 0. The number of nitrogens with zero attached hydrogens (tertiary/aromatic N) is 2. The average Bonchev–Trinajstić information content (AvgIpc) is 3.35. The van der Waals surface area contributed by atoms with Crippen molar-refractivity contribution in [3.8, 4) is 11.5 Å². The van der Waals surface area contributed by atoms with Gasteiger partial charge in [-0.25, -0.2) is 0 Å². The smallest absolute Gasteiger partial charge is 0.168 e. The molecule has 0 spiro atoms. The van der Waals surface area contributed by atoms with Crippen LogP contribution in [0.4, 0.5) is 11.4 Å². The molecule has 166 valence electrons. The predicted molar refractivity (Wildman–Crippen MR) is 130 cm³/mol. The van der Waals surface area contributed by atoms with Gasteiger partial charge in [0.25, 0.3) is 0 Å². The highest BCUT2D eigenvalue weighted by Gasteiger charge is 2.20. The fraction of sp³-hybridized carbons (Fsp3) is 0.346. The SMILES string of the molecule is COc1c(OCCCC2CCNC2)ccc2c(N)c3c(cc12)CN(c1cccnc1)C=C3. The van der Waals surface area contributed by atoms with E-state index in [1.807, 2.05) is 24.4 Å². The van der Waals surface area contributed by atoms with Crippen LogP contribution in [0.3, 0.4) is 0 Å². The molecule has 3 aromatic rings. The minimum Gasteiger partial charge on any atom is -0.492 e. The first-order valence-corrected chi connectivity index (χ1v) is 11.3. The molecule has 0 amide bonds. The third kappa shape index (κ3) is 3.98. The van der Waals surface area contributed by atoms with Crippen LogP contribution in [0.1, 0.15) is 30.4 Å². The van der Waals surface area contributed by atoms with Crippen molar-refractivity contribution in [1.82, 2.24) is 10.3 Å². The molecule has 1 unspecified atom stereocenters. The fourth-order valence-corrected chi connectivity index (χ4v) is 4.80. The molecule has 6 nitrogen and oxygen atoms in total. The van der Waals surface area contributed by atoms with Gasteiger partial charge in [-0.2, -0.15) is 0 Å². The normalized spacial score (nSPS) is 17.5. The van der Waals surface area contributed by atoms with Gasteiger partial charge in [-0.3, -0.25) is 4.98 Å².